The molecule has 2 aromatic rings. The Morgan fingerprint density at radius 2 is 1.96 bits per heavy atom. The van der Waals surface area contributed by atoms with Gasteiger partial charge in [0.2, 0.25) is 21.8 Å². The van der Waals surface area contributed by atoms with Crippen LogP contribution in [0.5, 0.6) is 0 Å². The summed E-state index contributed by atoms with van der Waals surface area (Å²) in [4.78, 5) is 16.9. The predicted molar refractivity (Wildman–Crippen MR) is 106 cm³/mol. The zero-order chi connectivity index (χ0) is 20.3. The molecule has 0 aliphatic heterocycles. The topological polar surface area (TPSA) is 114 Å². The number of rotatable bonds is 9. The molecule has 0 bridgehead atoms. The lowest BCUT2D eigenvalue weighted by Gasteiger charge is -2.18. The van der Waals surface area contributed by atoms with E-state index < -0.39 is 16.1 Å². The van der Waals surface area contributed by atoms with Gasteiger partial charge in [0.1, 0.15) is 6.04 Å². The summed E-state index contributed by atoms with van der Waals surface area (Å²) >= 11 is 3.26. The van der Waals surface area contributed by atoms with E-state index in [0.717, 1.165) is 17.3 Å². The maximum Gasteiger partial charge on any atom is 0.249 e. The minimum atomic E-state index is -3.66. The van der Waals surface area contributed by atoms with E-state index in [9.17, 15) is 13.2 Å². The van der Waals surface area contributed by atoms with Crippen LogP contribution in [0.2, 0.25) is 0 Å². The highest BCUT2D eigenvalue weighted by molar-refractivity contribution is 9.10. The summed E-state index contributed by atoms with van der Waals surface area (Å²) < 4.78 is 33.1. The molecule has 1 amide bonds. The van der Waals surface area contributed by atoms with Crippen LogP contribution in [0.4, 0.5) is 0 Å². The van der Waals surface area contributed by atoms with Crippen molar-refractivity contribution in [1.82, 2.24) is 20.2 Å². The summed E-state index contributed by atoms with van der Waals surface area (Å²) in [5, 5.41) is 6.85. The van der Waals surface area contributed by atoms with Gasteiger partial charge >= 0.3 is 0 Å². The second kappa shape index (κ2) is 8.71. The number of hydrogen-bond donors (Lipinski definition) is 2. The number of aromatic nitrogens is 2. The Labute approximate surface area is 172 Å². The lowest BCUT2D eigenvalue weighted by molar-refractivity contribution is -0.122. The van der Waals surface area contributed by atoms with Crippen LogP contribution in [0.3, 0.4) is 0 Å². The van der Waals surface area contributed by atoms with Gasteiger partial charge in [-0.15, -0.1) is 0 Å². The molecule has 1 atom stereocenters. The first-order chi connectivity index (χ1) is 13.3. The molecule has 0 saturated heterocycles. The molecule has 1 unspecified atom stereocenters. The largest absolute Gasteiger partial charge is 0.344 e. The summed E-state index contributed by atoms with van der Waals surface area (Å²) in [6.07, 6.45) is 2.13. The van der Waals surface area contributed by atoms with E-state index in [4.69, 9.17) is 4.52 Å². The van der Waals surface area contributed by atoms with Gasteiger partial charge in [0, 0.05) is 23.4 Å². The normalized spacial score (nSPS) is 15.6. The van der Waals surface area contributed by atoms with Crippen LogP contribution in [0.1, 0.15) is 56.8 Å². The highest BCUT2D eigenvalue weighted by Gasteiger charge is 2.31. The quantitative estimate of drug-likeness (QED) is 0.582. The highest BCUT2D eigenvalue weighted by atomic mass is 79.9. The van der Waals surface area contributed by atoms with Crippen LogP contribution in [0.15, 0.2) is 38.2 Å². The maximum absolute atomic E-state index is 12.3. The third-order valence-corrected chi connectivity index (χ3v) is 6.42. The number of hydrogen-bond acceptors (Lipinski definition) is 6. The SMILES string of the molecule is CC(C)C(NC(=O)CCNS(=O)(=O)c1ccc(Br)cc1)c1nc(C2CC2)no1. The van der Waals surface area contributed by atoms with Crippen LogP contribution in [0, 0.1) is 5.92 Å². The van der Waals surface area contributed by atoms with Crippen molar-refractivity contribution in [3.8, 4) is 0 Å². The molecule has 2 N–H and O–H groups in total. The number of nitrogens with zero attached hydrogens (tertiary/aromatic N) is 2. The smallest absolute Gasteiger partial charge is 0.249 e. The second-order valence-corrected chi connectivity index (χ2v) is 9.84. The van der Waals surface area contributed by atoms with E-state index in [1.165, 1.54) is 12.1 Å². The molecule has 10 heteroatoms. The van der Waals surface area contributed by atoms with Gasteiger partial charge in [0.15, 0.2) is 5.82 Å². The zero-order valence-electron chi connectivity index (χ0n) is 15.7. The van der Waals surface area contributed by atoms with E-state index in [-0.39, 0.29) is 29.7 Å². The van der Waals surface area contributed by atoms with Crippen LogP contribution < -0.4 is 10.0 Å². The molecule has 1 heterocycles. The first kappa shape index (κ1) is 20.9. The third kappa shape index (κ3) is 5.39. The fourth-order valence-corrected chi connectivity index (χ4v) is 3.93. The van der Waals surface area contributed by atoms with Gasteiger partial charge in [-0.1, -0.05) is 34.9 Å². The van der Waals surface area contributed by atoms with Crippen LogP contribution in [0.25, 0.3) is 0 Å². The van der Waals surface area contributed by atoms with Gasteiger partial charge < -0.3 is 9.84 Å². The Morgan fingerprint density at radius 3 is 2.57 bits per heavy atom. The standard InChI is InChI=1S/C18H23BrN4O4S/c1-11(2)16(18-22-17(23-27-18)12-3-4-12)21-15(24)9-10-20-28(25,26)14-7-5-13(19)6-8-14/h5-8,11-12,16,20H,3-4,9-10H2,1-2H3,(H,21,24). The summed E-state index contributed by atoms with van der Waals surface area (Å²) in [7, 11) is -3.66. The fraction of sp³-hybridized carbons (Fsp3) is 0.500. The first-order valence-electron chi connectivity index (χ1n) is 9.14. The second-order valence-electron chi connectivity index (χ2n) is 7.16. The number of nitrogens with one attached hydrogen (secondary N) is 2. The van der Waals surface area contributed by atoms with Gasteiger partial charge in [0.25, 0.3) is 0 Å². The van der Waals surface area contributed by atoms with Gasteiger partial charge in [-0.2, -0.15) is 4.98 Å². The fourth-order valence-electron chi connectivity index (χ4n) is 2.64. The Morgan fingerprint density at radius 1 is 1.29 bits per heavy atom. The number of carbonyl (C=O) groups is 1. The molecular weight excluding hydrogens is 448 g/mol. The van der Waals surface area contributed by atoms with Crippen LogP contribution in [-0.2, 0) is 14.8 Å². The average molecular weight is 471 g/mol. The van der Waals surface area contributed by atoms with Crippen molar-refractivity contribution in [3.05, 3.63) is 40.5 Å². The number of sulfonamides is 1. The molecule has 1 aromatic carbocycles. The molecule has 1 aliphatic carbocycles. The molecule has 3 rings (SSSR count). The lowest BCUT2D eigenvalue weighted by Crippen LogP contribution is -2.35. The average Bonchev–Trinajstić information content (AvgIpc) is 3.37. The van der Waals surface area contributed by atoms with E-state index in [1.807, 2.05) is 13.8 Å². The van der Waals surface area contributed by atoms with Crippen LogP contribution in [-0.4, -0.2) is 31.0 Å². The Bertz CT molecular complexity index is 923. The minimum Gasteiger partial charge on any atom is -0.344 e. The van der Waals surface area contributed by atoms with Crippen molar-refractivity contribution in [2.45, 2.75) is 50.0 Å². The minimum absolute atomic E-state index is 0.00258. The van der Waals surface area contributed by atoms with Crippen molar-refractivity contribution < 1.29 is 17.7 Å². The zero-order valence-corrected chi connectivity index (χ0v) is 18.1. The summed E-state index contributed by atoms with van der Waals surface area (Å²) in [6.45, 7) is 3.89. The molecule has 1 aromatic heterocycles. The monoisotopic (exact) mass is 470 g/mol. The molecule has 1 fully saturated rings. The Balaban J connectivity index is 1.53. The van der Waals surface area contributed by atoms with Gasteiger partial charge in [0.05, 0.1) is 4.90 Å². The molecule has 28 heavy (non-hydrogen) atoms. The number of benzene rings is 1. The molecule has 0 spiro atoms. The van der Waals surface area contributed by atoms with Crippen molar-refractivity contribution in [1.29, 1.82) is 0 Å². The third-order valence-electron chi connectivity index (χ3n) is 4.42. The highest BCUT2D eigenvalue weighted by Crippen LogP contribution is 2.38. The lowest BCUT2D eigenvalue weighted by atomic mass is 10.0. The number of amides is 1. The van der Waals surface area contributed by atoms with Crippen molar-refractivity contribution in [2.24, 2.45) is 5.92 Å². The predicted octanol–water partition coefficient (Wildman–Crippen LogP) is 2.89. The number of halogens is 1. The van der Waals surface area contributed by atoms with Crippen molar-refractivity contribution in [2.75, 3.05) is 6.54 Å². The Hall–Kier alpha value is -1.78. The van der Waals surface area contributed by atoms with E-state index in [2.05, 4.69) is 36.1 Å². The molecule has 152 valence electrons. The van der Waals surface area contributed by atoms with Gasteiger partial charge in [-0.3, -0.25) is 4.79 Å². The molecular formula is C18H23BrN4O4S. The number of carbonyl (C=O) groups excluding carboxylic acids is 1. The van der Waals surface area contributed by atoms with Crippen molar-refractivity contribution in [3.63, 3.8) is 0 Å². The van der Waals surface area contributed by atoms with E-state index in [1.54, 1.807) is 12.1 Å². The molecule has 1 saturated carbocycles. The molecule has 0 radical (unpaired) electrons. The molecule has 8 nitrogen and oxygen atoms in total. The summed E-state index contributed by atoms with van der Waals surface area (Å²) in [6, 6.07) is 5.88. The van der Waals surface area contributed by atoms with E-state index in [0.29, 0.717) is 17.6 Å². The van der Waals surface area contributed by atoms with Crippen LogP contribution >= 0.6 is 15.9 Å². The maximum atomic E-state index is 12.3. The summed E-state index contributed by atoms with van der Waals surface area (Å²) in [5.74, 6) is 1.21. The van der Waals surface area contributed by atoms with Gasteiger partial charge in [-0.05, 0) is 43.0 Å². The first-order valence-corrected chi connectivity index (χ1v) is 11.4. The van der Waals surface area contributed by atoms with Crippen molar-refractivity contribution >= 4 is 31.9 Å². The van der Waals surface area contributed by atoms with Gasteiger partial charge in [-0.25, -0.2) is 13.1 Å². The molecule has 1 aliphatic rings. The Kier molecular flexibility index (Phi) is 6.51. The van der Waals surface area contributed by atoms with E-state index >= 15 is 0 Å². The summed E-state index contributed by atoms with van der Waals surface area (Å²) in [5.41, 5.74) is 0.